The van der Waals surface area contributed by atoms with Gasteiger partial charge in [-0.3, -0.25) is 4.79 Å². The summed E-state index contributed by atoms with van der Waals surface area (Å²) < 4.78 is 5.41. The number of amides is 1. The molecule has 2 N–H and O–H groups in total. The molecular weight excluding hydrogens is 202 g/mol. The maximum Gasteiger partial charge on any atom is 0.284 e. The van der Waals surface area contributed by atoms with Crippen molar-refractivity contribution >= 4 is 5.91 Å². The molecule has 0 saturated carbocycles. The minimum atomic E-state index is -0.517. The normalized spacial score (nSPS) is 10.3. The van der Waals surface area contributed by atoms with Crippen molar-refractivity contribution in [2.45, 2.75) is 13.3 Å². The molecule has 1 amide bonds. The van der Waals surface area contributed by atoms with Crippen molar-refractivity contribution < 1.29 is 9.21 Å². The number of rotatable bonds is 3. The molecule has 0 spiro atoms. The van der Waals surface area contributed by atoms with Gasteiger partial charge in [-0.2, -0.15) is 0 Å². The SMILES string of the molecule is Cc1cc(Cc2ccccc2)oc1C(N)=O. The van der Waals surface area contributed by atoms with Gasteiger partial charge in [0.05, 0.1) is 0 Å². The molecule has 0 bridgehead atoms. The summed E-state index contributed by atoms with van der Waals surface area (Å²) in [5.74, 6) is 0.500. The Labute approximate surface area is 93.9 Å². The largest absolute Gasteiger partial charge is 0.455 e. The number of hydrogen-bond acceptors (Lipinski definition) is 2. The molecule has 0 aliphatic rings. The first kappa shape index (κ1) is 10.5. The smallest absolute Gasteiger partial charge is 0.284 e. The molecule has 1 aromatic carbocycles. The number of primary amides is 1. The van der Waals surface area contributed by atoms with E-state index in [1.807, 2.05) is 43.3 Å². The molecule has 82 valence electrons. The van der Waals surface area contributed by atoms with Crippen molar-refractivity contribution in [1.82, 2.24) is 0 Å². The van der Waals surface area contributed by atoms with Crippen LogP contribution in [0.2, 0.25) is 0 Å². The summed E-state index contributed by atoms with van der Waals surface area (Å²) in [4.78, 5) is 11.0. The molecule has 3 heteroatoms. The van der Waals surface area contributed by atoms with Crippen LogP contribution in [0.15, 0.2) is 40.8 Å². The number of aryl methyl sites for hydroxylation is 1. The van der Waals surface area contributed by atoms with Gasteiger partial charge in [-0.1, -0.05) is 30.3 Å². The van der Waals surface area contributed by atoms with E-state index >= 15 is 0 Å². The van der Waals surface area contributed by atoms with Crippen molar-refractivity contribution in [1.29, 1.82) is 0 Å². The highest BCUT2D eigenvalue weighted by atomic mass is 16.3. The second kappa shape index (κ2) is 4.23. The lowest BCUT2D eigenvalue weighted by molar-refractivity contribution is 0.0971. The quantitative estimate of drug-likeness (QED) is 0.853. The van der Waals surface area contributed by atoms with Crippen molar-refractivity contribution in [3.8, 4) is 0 Å². The molecular formula is C13H13NO2. The van der Waals surface area contributed by atoms with Crippen LogP contribution in [0.4, 0.5) is 0 Å². The Hall–Kier alpha value is -2.03. The van der Waals surface area contributed by atoms with Gasteiger partial charge >= 0.3 is 0 Å². The van der Waals surface area contributed by atoms with Crippen LogP contribution >= 0.6 is 0 Å². The summed E-state index contributed by atoms with van der Waals surface area (Å²) in [7, 11) is 0. The molecule has 0 fully saturated rings. The molecule has 3 nitrogen and oxygen atoms in total. The van der Waals surface area contributed by atoms with Gasteiger partial charge in [0.25, 0.3) is 5.91 Å². The Balaban J connectivity index is 2.23. The second-order valence-corrected chi connectivity index (χ2v) is 3.75. The monoisotopic (exact) mass is 215 g/mol. The number of nitrogens with two attached hydrogens (primary N) is 1. The third-order valence-corrected chi connectivity index (χ3v) is 2.41. The Morgan fingerprint density at radius 3 is 2.56 bits per heavy atom. The fourth-order valence-corrected chi connectivity index (χ4v) is 1.68. The van der Waals surface area contributed by atoms with Crippen molar-refractivity contribution in [2.75, 3.05) is 0 Å². The molecule has 0 aliphatic heterocycles. The summed E-state index contributed by atoms with van der Waals surface area (Å²) in [5.41, 5.74) is 7.12. The van der Waals surface area contributed by atoms with Gasteiger partial charge in [-0.05, 0) is 18.6 Å². The third kappa shape index (κ3) is 2.14. The number of carbonyl (C=O) groups excluding carboxylic acids is 1. The highest BCUT2D eigenvalue weighted by Crippen LogP contribution is 2.17. The minimum Gasteiger partial charge on any atom is -0.455 e. The number of carbonyl (C=O) groups is 1. The first-order valence-corrected chi connectivity index (χ1v) is 5.10. The van der Waals surface area contributed by atoms with Crippen LogP contribution < -0.4 is 5.73 Å². The summed E-state index contributed by atoms with van der Waals surface area (Å²) in [6, 6.07) is 11.8. The van der Waals surface area contributed by atoms with Crippen molar-refractivity contribution in [3.63, 3.8) is 0 Å². The number of hydrogen-bond donors (Lipinski definition) is 1. The first-order valence-electron chi connectivity index (χ1n) is 5.10. The fraction of sp³-hybridized carbons (Fsp3) is 0.154. The van der Waals surface area contributed by atoms with Gasteiger partial charge in [0, 0.05) is 12.0 Å². The Morgan fingerprint density at radius 1 is 1.31 bits per heavy atom. The Bertz CT molecular complexity index is 500. The van der Waals surface area contributed by atoms with Crippen LogP contribution in [0.1, 0.15) is 27.4 Å². The predicted molar refractivity (Wildman–Crippen MR) is 61.2 cm³/mol. The number of furan rings is 1. The molecule has 2 rings (SSSR count). The molecule has 1 aromatic heterocycles. The number of benzene rings is 1. The summed E-state index contributed by atoms with van der Waals surface area (Å²) in [6.45, 7) is 1.82. The summed E-state index contributed by atoms with van der Waals surface area (Å²) >= 11 is 0. The van der Waals surface area contributed by atoms with Crippen LogP contribution in [0.5, 0.6) is 0 Å². The molecule has 0 saturated heterocycles. The van der Waals surface area contributed by atoms with Crippen LogP contribution in [0, 0.1) is 6.92 Å². The van der Waals surface area contributed by atoms with Crippen molar-refractivity contribution in [3.05, 3.63) is 59.0 Å². The van der Waals surface area contributed by atoms with Gasteiger partial charge in [0.1, 0.15) is 5.76 Å². The summed E-state index contributed by atoms with van der Waals surface area (Å²) in [6.07, 6.45) is 0.676. The maximum atomic E-state index is 11.0. The van der Waals surface area contributed by atoms with Gasteiger partial charge in [0.2, 0.25) is 0 Å². The van der Waals surface area contributed by atoms with Gasteiger partial charge in [-0.25, -0.2) is 0 Å². The third-order valence-electron chi connectivity index (χ3n) is 2.41. The molecule has 0 unspecified atom stereocenters. The lowest BCUT2D eigenvalue weighted by Crippen LogP contribution is -2.10. The zero-order valence-corrected chi connectivity index (χ0v) is 9.07. The standard InChI is InChI=1S/C13H13NO2/c1-9-7-11(16-12(9)13(14)15)8-10-5-3-2-4-6-10/h2-7H,8H2,1H3,(H2,14,15). The maximum absolute atomic E-state index is 11.0. The molecule has 0 aliphatic carbocycles. The fourth-order valence-electron chi connectivity index (χ4n) is 1.68. The predicted octanol–water partition coefficient (Wildman–Crippen LogP) is 2.28. The molecule has 16 heavy (non-hydrogen) atoms. The Kier molecular flexibility index (Phi) is 2.77. The lowest BCUT2D eigenvalue weighted by atomic mass is 10.1. The topological polar surface area (TPSA) is 56.2 Å². The molecule has 1 heterocycles. The van der Waals surface area contributed by atoms with E-state index < -0.39 is 5.91 Å². The molecule has 2 aromatic rings. The van der Waals surface area contributed by atoms with Crippen LogP contribution in [-0.2, 0) is 6.42 Å². The van der Waals surface area contributed by atoms with E-state index in [0.717, 1.165) is 16.9 Å². The van der Waals surface area contributed by atoms with Crippen LogP contribution in [-0.4, -0.2) is 5.91 Å². The average Bonchev–Trinajstić information content (AvgIpc) is 2.61. The van der Waals surface area contributed by atoms with E-state index in [2.05, 4.69) is 0 Å². The molecule has 0 radical (unpaired) electrons. The minimum absolute atomic E-state index is 0.255. The van der Waals surface area contributed by atoms with Crippen LogP contribution in [0.3, 0.4) is 0 Å². The van der Waals surface area contributed by atoms with E-state index in [9.17, 15) is 4.79 Å². The second-order valence-electron chi connectivity index (χ2n) is 3.75. The van der Waals surface area contributed by atoms with Gasteiger partial charge < -0.3 is 10.2 Å². The summed E-state index contributed by atoms with van der Waals surface area (Å²) in [5, 5.41) is 0. The lowest BCUT2D eigenvalue weighted by Gasteiger charge is -1.96. The van der Waals surface area contributed by atoms with E-state index in [-0.39, 0.29) is 5.76 Å². The highest BCUT2D eigenvalue weighted by Gasteiger charge is 2.12. The van der Waals surface area contributed by atoms with Gasteiger partial charge in [0.15, 0.2) is 5.76 Å². The zero-order chi connectivity index (χ0) is 11.5. The molecule has 0 atom stereocenters. The average molecular weight is 215 g/mol. The highest BCUT2D eigenvalue weighted by molar-refractivity contribution is 5.91. The Morgan fingerprint density at radius 2 is 2.00 bits per heavy atom. The van der Waals surface area contributed by atoms with E-state index in [4.69, 9.17) is 10.2 Å². The van der Waals surface area contributed by atoms with E-state index in [0.29, 0.717) is 6.42 Å². The van der Waals surface area contributed by atoms with E-state index in [1.54, 1.807) is 0 Å². The van der Waals surface area contributed by atoms with Crippen LogP contribution in [0.25, 0.3) is 0 Å². The van der Waals surface area contributed by atoms with Gasteiger partial charge in [-0.15, -0.1) is 0 Å². The first-order chi connectivity index (χ1) is 7.66. The van der Waals surface area contributed by atoms with E-state index in [1.165, 1.54) is 0 Å². The van der Waals surface area contributed by atoms with Crippen molar-refractivity contribution in [2.24, 2.45) is 5.73 Å². The zero-order valence-electron chi connectivity index (χ0n) is 9.07.